The lowest BCUT2D eigenvalue weighted by Gasteiger charge is -2.32. The molecule has 2 nitrogen and oxygen atoms in total. The molecule has 1 aliphatic heterocycles. The van der Waals surface area contributed by atoms with Gasteiger partial charge >= 0.3 is 0 Å². The van der Waals surface area contributed by atoms with Crippen molar-refractivity contribution < 1.29 is 0 Å². The lowest BCUT2D eigenvalue weighted by Crippen LogP contribution is -2.39. The third-order valence-electron chi connectivity index (χ3n) is 3.21. The maximum absolute atomic E-state index is 5.34. The van der Waals surface area contributed by atoms with Gasteiger partial charge in [0, 0.05) is 28.1 Å². The molecule has 18 heavy (non-hydrogen) atoms. The third-order valence-corrected chi connectivity index (χ3v) is 4.54. The van der Waals surface area contributed by atoms with E-state index in [9.17, 15) is 0 Å². The van der Waals surface area contributed by atoms with Crippen molar-refractivity contribution in [3.05, 3.63) is 27.1 Å². The average molecular weight is 372 g/mol. The zero-order valence-electron chi connectivity index (χ0n) is 10.1. The second kappa shape index (κ2) is 6.60. The third kappa shape index (κ3) is 3.50. The van der Waals surface area contributed by atoms with E-state index in [0.717, 1.165) is 47.1 Å². The van der Waals surface area contributed by atoms with Crippen LogP contribution in [0.15, 0.2) is 27.1 Å². The highest BCUT2D eigenvalue weighted by atomic mass is 79.9. The van der Waals surface area contributed by atoms with E-state index in [0.29, 0.717) is 6.04 Å². The van der Waals surface area contributed by atoms with Gasteiger partial charge in [-0.2, -0.15) is 0 Å². The van der Waals surface area contributed by atoms with Crippen molar-refractivity contribution in [1.82, 2.24) is 4.90 Å². The van der Waals surface area contributed by atoms with Gasteiger partial charge < -0.3 is 5.32 Å². The molecule has 1 saturated heterocycles. The Hall–Kier alpha value is -0.500. The van der Waals surface area contributed by atoms with Gasteiger partial charge in [-0.15, -0.1) is 6.42 Å². The van der Waals surface area contributed by atoms with E-state index in [4.69, 9.17) is 6.42 Å². The maximum Gasteiger partial charge on any atom is 0.0631 e. The van der Waals surface area contributed by atoms with Crippen LogP contribution in [-0.4, -0.2) is 30.6 Å². The first kappa shape index (κ1) is 13.9. The van der Waals surface area contributed by atoms with Gasteiger partial charge in [-0.1, -0.05) is 12.0 Å². The number of terminal acetylenes is 1. The zero-order chi connectivity index (χ0) is 13.0. The fourth-order valence-electron chi connectivity index (χ4n) is 2.20. The molecule has 1 aliphatic rings. The standard InChI is InChI=1S/C14H16Br2N2/c1-2-8-18-9-6-11(7-10-18)17-14-12(15)4-3-5-13(14)16/h1,3-5,11,17H,6-10H2. The van der Waals surface area contributed by atoms with Crippen LogP contribution in [0, 0.1) is 12.3 Å². The molecule has 1 heterocycles. The number of anilines is 1. The van der Waals surface area contributed by atoms with Gasteiger partial charge in [0.1, 0.15) is 0 Å². The molecule has 0 radical (unpaired) electrons. The first-order valence-corrected chi connectivity index (χ1v) is 7.65. The summed E-state index contributed by atoms with van der Waals surface area (Å²) in [6.07, 6.45) is 7.61. The van der Waals surface area contributed by atoms with Gasteiger partial charge in [0.25, 0.3) is 0 Å². The SMILES string of the molecule is C#CCN1CCC(Nc2c(Br)cccc2Br)CC1. The molecule has 0 saturated carbocycles. The highest BCUT2D eigenvalue weighted by Crippen LogP contribution is 2.32. The van der Waals surface area contributed by atoms with Crippen molar-refractivity contribution in [2.24, 2.45) is 0 Å². The monoisotopic (exact) mass is 370 g/mol. The van der Waals surface area contributed by atoms with Crippen molar-refractivity contribution in [2.45, 2.75) is 18.9 Å². The van der Waals surface area contributed by atoms with Crippen LogP contribution >= 0.6 is 31.9 Å². The second-order valence-corrected chi connectivity index (χ2v) is 6.20. The molecule has 1 aromatic rings. The summed E-state index contributed by atoms with van der Waals surface area (Å²) in [7, 11) is 0. The number of nitrogens with zero attached hydrogens (tertiary/aromatic N) is 1. The van der Waals surface area contributed by atoms with Crippen LogP contribution in [-0.2, 0) is 0 Å². The second-order valence-electron chi connectivity index (χ2n) is 4.50. The molecule has 96 valence electrons. The summed E-state index contributed by atoms with van der Waals surface area (Å²) in [6, 6.07) is 6.66. The van der Waals surface area contributed by atoms with Gasteiger partial charge in [-0.25, -0.2) is 0 Å². The first-order valence-electron chi connectivity index (χ1n) is 6.07. The van der Waals surface area contributed by atoms with Crippen molar-refractivity contribution in [3.8, 4) is 12.3 Å². The van der Waals surface area contributed by atoms with Crippen LogP contribution in [0.4, 0.5) is 5.69 Å². The van der Waals surface area contributed by atoms with Crippen LogP contribution in [0.2, 0.25) is 0 Å². The summed E-state index contributed by atoms with van der Waals surface area (Å²) in [5.74, 6) is 2.71. The molecule has 0 spiro atoms. The predicted molar refractivity (Wildman–Crippen MR) is 83.8 cm³/mol. The number of piperidine rings is 1. The van der Waals surface area contributed by atoms with E-state index in [1.54, 1.807) is 0 Å². The molecule has 0 aliphatic carbocycles. The first-order chi connectivity index (χ1) is 8.70. The van der Waals surface area contributed by atoms with E-state index in [1.807, 2.05) is 6.07 Å². The van der Waals surface area contributed by atoms with Crippen LogP contribution in [0.3, 0.4) is 0 Å². The van der Waals surface area contributed by atoms with Crippen molar-refractivity contribution in [2.75, 3.05) is 25.0 Å². The molecule has 0 atom stereocenters. The lowest BCUT2D eigenvalue weighted by molar-refractivity contribution is 0.243. The van der Waals surface area contributed by atoms with Crippen molar-refractivity contribution >= 4 is 37.5 Å². The molecule has 0 bridgehead atoms. The number of rotatable bonds is 3. The van der Waals surface area contributed by atoms with Crippen LogP contribution in [0.25, 0.3) is 0 Å². The summed E-state index contributed by atoms with van der Waals surface area (Å²) in [4.78, 5) is 2.33. The normalized spacial score (nSPS) is 17.4. The van der Waals surface area contributed by atoms with E-state index in [2.05, 4.69) is 60.1 Å². The van der Waals surface area contributed by atoms with Gasteiger partial charge in [-0.05, 0) is 56.8 Å². The number of para-hydroxylation sites is 1. The largest absolute Gasteiger partial charge is 0.380 e. The fourth-order valence-corrected chi connectivity index (χ4v) is 3.43. The molecule has 4 heteroatoms. The Bertz CT molecular complexity index is 425. The highest BCUT2D eigenvalue weighted by Gasteiger charge is 2.19. The minimum Gasteiger partial charge on any atom is -0.380 e. The average Bonchev–Trinajstić information content (AvgIpc) is 2.36. The molecule has 1 fully saturated rings. The molecule has 0 aromatic heterocycles. The van der Waals surface area contributed by atoms with Gasteiger partial charge in [0.2, 0.25) is 0 Å². The lowest BCUT2D eigenvalue weighted by atomic mass is 10.0. The number of hydrogen-bond donors (Lipinski definition) is 1. The quantitative estimate of drug-likeness (QED) is 0.814. The molecule has 0 unspecified atom stereocenters. The number of hydrogen-bond acceptors (Lipinski definition) is 2. The van der Waals surface area contributed by atoms with E-state index in [-0.39, 0.29) is 0 Å². The summed E-state index contributed by atoms with van der Waals surface area (Å²) >= 11 is 7.16. The van der Waals surface area contributed by atoms with E-state index in [1.165, 1.54) is 0 Å². The van der Waals surface area contributed by atoms with Gasteiger partial charge in [0.15, 0.2) is 0 Å². The Morgan fingerprint density at radius 3 is 2.44 bits per heavy atom. The Morgan fingerprint density at radius 1 is 1.28 bits per heavy atom. The highest BCUT2D eigenvalue weighted by molar-refractivity contribution is 9.11. The van der Waals surface area contributed by atoms with Crippen LogP contribution in [0.5, 0.6) is 0 Å². The Kier molecular flexibility index (Phi) is 5.11. The summed E-state index contributed by atoms with van der Waals surface area (Å²) < 4.78 is 2.20. The molecule has 1 N–H and O–H groups in total. The smallest absolute Gasteiger partial charge is 0.0631 e. The molecule has 0 amide bonds. The summed E-state index contributed by atoms with van der Waals surface area (Å²) in [6.45, 7) is 2.92. The van der Waals surface area contributed by atoms with Crippen molar-refractivity contribution in [1.29, 1.82) is 0 Å². The molecular weight excluding hydrogens is 356 g/mol. The van der Waals surface area contributed by atoms with Crippen LogP contribution < -0.4 is 5.32 Å². The topological polar surface area (TPSA) is 15.3 Å². The molecule has 2 rings (SSSR count). The number of halogens is 2. The minimum atomic E-state index is 0.522. The minimum absolute atomic E-state index is 0.522. The Balaban J connectivity index is 1.94. The van der Waals surface area contributed by atoms with Gasteiger partial charge in [-0.3, -0.25) is 4.90 Å². The number of benzene rings is 1. The summed E-state index contributed by atoms with van der Waals surface area (Å²) in [5.41, 5.74) is 1.15. The Labute approximate surface area is 125 Å². The molecular formula is C14H16Br2N2. The number of nitrogens with one attached hydrogen (secondary N) is 1. The van der Waals surface area contributed by atoms with Gasteiger partial charge in [0.05, 0.1) is 12.2 Å². The predicted octanol–water partition coefficient (Wildman–Crippen LogP) is 3.72. The Morgan fingerprint density at radius 2 is 1.89 bits per heavy atom. The zero-order valence-corrected chi connectivity index (χ0v) is 13.3. The molecule has 1 aromatic carbocycles. The fraction of sp³-hybridized carbons (Fsp3) is 0.429. The van der Waals surface area contributed by atoms with E-state index >= 15 is 0 Å². The maximum atomic E-state index is 5.34. The number of likely N-dealkylation sites (tertiary alicyclic amines) is 1. The van der Waals surface area contributed by atoms with Crippen LogP contribution in [0.1, 0.15) is 12.8 Å². The van der Waals surface area contributed by atoms with Crippen molar-refractivity contribution in [3.63, 3.8) is 0 Å². The van der Waals surface area contributed by atoms with E-state index < -0.39 is 0 Å². The summed E-state index contributed by atoms with van der Waals surface area (Å²) in [5, 5.41) is 3.61.